The zero-order chi connectivity index (χ0) is 11.5. The van der Waals surface area contributed by atoms with E-state index in [4.69, 9.17) is 11.1 Å². The van der Waals surface area contributed by atoms with Crippen molar-refractivity contribution >= 4 is 5.84 Å². The smallest absolute Gasteiger partial charge is 0.293 e. The van der Waals surface area contributed by atoms with Crippen molar-refractivity contribution in [3.05, 3.63) is 12.3 Å². The van der Waals surface area contributed by atoms with Crippen molar-refractivity contribution in [3.63, 3.8) is 0 Å². The van der Waals surface area contributed by atoms with Gasteiger partial charge < -0.3 is 5.32 Å². The molecule has 0 aliphatic carbocycles. The molecule has 1 unspecified atom stereocenters. The van der Waals surface area contributed by atoms with E-state index in [1.165, 1.54) is 12.3 Å². The maximum absolute atomic E-state index is 14.1. The predicted octanol–water partition coefficient (Wildman–Crippen LogP) is 0.480. The molecule has 0 saturated heterocycles. The van der Waals surface area contributed by atoms with Gasteiger partial charge in [0.2, 0.25) is 5.84 Å². The van der Waals surface area contributed by atoms with Crippen molar-refractivity contribution in [3.8, 4) is 6.07 Å². The molecular formula is C9H14FN5. The second-order valence-electron chi connectivity index (χ2n) is 3.73. The minimum Gasteiger partial charge on any atom is -0.338 e. The van der Waals surface area contributed by atoms with E-state index < -0.39 is 5.92 Å². The number of hydrogen-bond donors (Lipinski definition) is 2. The van der Waals surface area contributed by atoms with Gasteiger partial charge in [-0.05, 0) is 5.92 Å². The molecule has 15 heavy (non-hydrogen) atoms. The fourth-order valence-electron chi connectivity index (χ4n) is 1.19. The van der Waals surface area contributed by atoms with E-state index in [1.807, 2.05) is 13.8 Å². The van der Waals surface area contributed by atoms with E-state index in [2.05, 4.69) is 10.3 Å². The topological polar surface area (TPSA) is 77.4 Å². The second kappa shape index (κ2) is 4.38. The number of nitriles is 1. The molecule has 82 valence electrons. The van der Waals surface area contributed by atoms with Crippen LogP contribution in [0.15, 0.2) is 17.3 Å². The highest BCUT2D eigenvalue weighted by Crippen LogP contribution is 2.21. The van der Waals surface area contributed by atoms with Gasteiger partial charge in [-0.2, -0.15) is 19.7 Å². The summed E-state index contributed by atoms with van der Waals surface area (Å²) < 4.78 is 14.1. The molecule has 5 nitrogen and oxygen atoms in total. The van der Waals surface area contributed by atoms with Crippen LogP contribution in [-0.2, 0) is 0 Å². The predicted molar refractivity (Wildman–Crippen MR) is 54.9 cm³/mol. The summed E-state index contributed by atoms with van der Waals surface area (Å²) in [5.74, 6) is 3.57. The van der Waals surface area contributed by atoms with Gasteiger partial charge in [0.05, 0.1) is 0 Å². The van der Waals surface area contributed by atoms with Crippen molar-refractivity contribution < 1.29 is 4.39 Å². The van der Waals surface area contributed by atoms with Gasteiger partial charge in [0.25, 0.3) is 5.92 Å². The lowest BCUT2D eigenvalue weighted by atomic mass is 10.2. The van der Waals surface area contributed by atoms with Crippen LogP contribution in [0.3, 0.4) is 0 Å². The fourth-order valence-corrected chi connectivity index (χ4v) is 1.19. The van der Waals surface area contributed by atoms with Crippen molar-refractivity contribution in [2.75, 3.05) is 6.54 Å². The Balaban J connectivity index is 2.82. The quantitative estimate of drug-likeness (QED) is 0.404. The zero-order valence-electron chi connectivity index (χ0n) is 8.74. The van der Waals surface area contributed by atoms with Crippen LogP contribution >= 0.6 is 0 Å². The van der Waals surface area contributed by atoms with Crippen molar-refractivity contribution in [2.24, 2.45) is 16.8 Å². The molecule has 0 saturated carbocycles. The first-order valence-electron chi connectivity index (χ1n) is 4.63. The van der Waals surface area contributed by atoms with E-state index in [0.717, 1.165) is 5.01 Å². The maximum Gasteiger partial charge on any atom is 0.293 e. The Morgan fingerprint density at radius 1 is 1.80 bits per heavy atom. The molecule has 0 bridgehead atoms. The summed E-state index contributed by atoms with van der Waals surface area (Å²) in [7, 11) is 0. The molecule has 0 amide bonds. The van der Waals surface area contributed by atoms with Crippen LogP contribution in [0, 0.1) is 17.2 Å². The Morgan fingerprint density at radius 3 is 3.00 bits per heavy atom. The number of nitrogens with two attached hydrogens (primary N) is 1. The molecule has 0 radical (unpaired) electrons. The van der Waals surface area contributed by atoms with Gasteiger partial charge in [0.1, 0.15) is 6.07 Å². The molecule has 0 fully saturated rings. The van der Waals surface area contributed by atoms with Crippen LogP contribution in [0.2, 0.25) is 0 Å². The lowest BCUT2D eigenvalue weighted by molar-refractivity contribution is 0.00547. The van der Waals surface area contributed by atoms with Crippen molar-refractivity contribution in [1.29, 1.82) is 5.26 Å². The lowest BCUT2D eigenvalue weighted by Crippen LogP contribution is -2.51. The average Bonchev–Trinajstić information content (AvgIpc) is 2.16. The van der Waals surface area contributed by atoms with Crippen LogP contribution in [0.25, 0.3) is 0 Å². The van der Waals surface area contributed by atoms with Crippen molar-refractivity contribution in [2.45, 2.75) is 19.8 Å². The molecule has 1 atom stereocenters. The van der Waals surface area contributed by atoms with Gasteiger partial charge >= 0.3 is 0 Å². The monoisotopic (exact) mass is 211 g/mol. The highest BCUT2D eigenvalue weighted by Gasteiger charge is 2.34. The first-order valence-corrected chi connectivity index (χ1v) is 4.63. The van der Waals surface area contributed by atoms with E-state index >= 15 is 0 Å². The molecule has 0 aromatic heterocycles. The summed E-state index contributed by atoms with van der Waals surface area (Å²) in [6.45, 7) is 4.19. The maximum atomic E-state index is 14.1. The number of rotatable bonds is 3. The van der Waals surface area contributed by atoms with Crippen LogP contribution in [0.5, 0.6) is 0 Å². The Labute approximate surface area is 88.0 Å². The highest BCUT2D eigenvalue weighted by molar-refractivity contribution is 5.97. The Kier molecular flexibility index (Phi) is 3.39. The number of nitrogens with one attached hydrogen (secondary N) is 1. The van der Waals surface area contributed by atoms with E-state index in [1.54, 1.807) is 6.07 Å². The molecule has 0 aromatic carbocycles. The van der Waals surface area contributed by atoms with Crippen LogP contribution in [-0.4, -0.2) is 23.3 Å². The number of hydrogen-bond acceptors (Lipinski definition) is 5. The van der Waals surface area contributed by atoms with Crippen LogP contribution in [0.4, 0.5) is 4.39 Å². The number of nitrogens with zero attached hydrogens (tertiary/aromatic N) is 3. The number of amidine groups is 1. The van der Waals surface area contributed by atoms with Gasteiger partial charge in [-0.1, -0.05) is 13.8 Å². The lowest BCUT2D eigenvalue weighted by Gasteiger charge is -2.30. The summed E-state index contributed by atoms with van der Waals surface area (Å²) in [5, 5.41) is 12.1. The first kappa shape index (κ1) is 11.6. The minimum atomic E-state index is -2.12. The highest BCUT2D eigenvalue weighted by atomic mass is 19.1. The molecule has 1 aliphatic heterocycles. The first-order chi connectivity index (χ1) is 6.98. The summed E-state index contributed by atoms with van der Waals surface area (Å²) >= 11 is 0. The SMILES string of the molecule is CC(C)CN(N)C1(F)C=CNC(C#N)=N1. The fraction of sp³-hybridized carbons (Fsp3) is 0.556. The number of alkyl halides is 1. The summed E-state index contributed by atoms with van der Waals surface area (Å²) in [4.78, 5) is 3.58. The largest absolute Gasteiger partial charge is 0.338 e. The molecule has 1 rings (SSSR count). The third-order valence-electron chi connectivity index (χ3n) is 1.85. The van der Waals surface area contributed by atoms with Crippen LogP contribution in [0.1, 0.15) is 13.8 Å². The van der Waals surface area contributed by atoms with Gasteiger partial charge in [0, 0.05) is 18.8 Å². The molecule has 1 heterocycles. The zero-order valence-corrected chi connectivity index (χ0v) is 8.74. The van der Waals surface area contributed by atoms with E-state index in [-0.39, 0.29) is 11.8 Å². The van der Waals surface area contributed by atoms with Gasteiger partial charge in [-0.25, -0.2) is 0 Å². The summed E-state index contributed by atoms with van der Waals surface area (Å²) in [6, 6.07) is 1.73. The Morgan fingerprint density at radius 2 is 2.47 bits per heavy atom. The number of aliphatic imine (C=N–C) groups is 1. The third-order valence-corrected chi connectivity index (χ3v) is 1.85. The normalized spacial score (nSPS) is 25.0. The van der Waals surface area contributed by atoms with Gasteiger partial charge in [0.15, 0.2) is 0 Å². The second-order valence-corrected chi connectivity index (χ2v) is 3.73. The van der Waals surface area contributed by atoms with Gasteiger partial charge in [-0.15, -0.1) is 0 Å². The average molecular weight is 211 g/mol. The molecule has 0 spiro atoms. The van der Waals surface area contributed by atoms with E-state index in [0.29, 0.717) is 6.54 Å². The Hall–Kier alpha value is -1.45. The van der Waals surface area contributed by atoms with Crippen LogP contribution < -0.4 is 11.2 Å². The Bertz CT molecular complexity index is 330. The number of hydrazine groups is 1. The molecular weight excluding hydrogens is 197 g/mol. The number of halogens is 1. The molecule has 0 aromatic rings. The van der Waals surface area contributed by atoms with E-state index in [9.17, 15) is 4.39 Å². The third kappa shape index (κ3) is 2.75. The summed E-state index contributed by atoms with van der Waals surface area (Å²) in [5.41, 5.74) is 0. The minimum absolute atomic E-state index is 0.0841. The van der Waals surface area contributed by atoms with Crippen molar-refractivity contribution in [1.82, 2.24) is 10.3 Å². The summed E-state index contributed by atoms with van der Waals surface area (Å²) in [6.07, 6.45) is 2.50. The van der Waals surface area contributed by atoms with Gasteiger partial charge in [-0.3, -0.25) is 5.84 Å². The molecule has 3 N–H and O–H groups in total. The standard InChI is InChI=1S/C9H14FN5/c1-7(2)6-15(12)9(10)3-4-13-8(5-11)14-9/h3-4,7H,6,12H2,1-2H3,(H,13,14). The molecule has 1 aliphatic rings. The molecule has 6 heteroatoms.